The van der Waals surface area contributed by atoms with Crippen molar-refractivity contribution in [3.8, 4) is 0 Å². The van der Waals surface area contributed by atoms with Crippen LogP contribution in [0.1, 0.15) is 25.8 Å². The molecule has 0 fully saturated rings. The molecule has 0 bridgehead atoms. The van der Waals surface area contributed by atoms with Gasteiger partial charge in [-0.25, -0.2) is 9.79 Å². The average molecular weight is 659 g/mol. The number of urea groups is 1. The molecule has 0 radical (unpaired) electrons. The predicted molar refractivity (Wildman–Crippen MR) is 166 cm³/mol. The Bertz CT molecular complexity index is 1380. The standard InChI is InChI=1S/C29H38N8O10/c1-17(33-23(39)16-47-13-12-46-3)26(42)34-18(2)27(43)36-21(14-22(30)38)28(44)35-20-6-4-19(5-7-20)15-32-29(45)31-10-11-37-24(40)8-9-25(37)41/h4-9,15,17-18,21H,10-14,16H2,1-3H3,(H2,30,38)(H,31,45)(H,33,39)(H,34,42)(H,35,44)(H,36,43)/b32-15+. The molecule has 0 aromatic heterocycles. The average Bonchev–Trinajstić information content (AvgIpc) is 3.34. The smallest absolute Gasteiger partial charge is 0.340 e. The topological polar surface area (TPSA) is 257 Å². The normalized spacial score (nSPS) is 14.3. The summed E-state index contributed by atoms with van der Waals surface area (Å²) in [5.74, 6) is -4.58. The molecular weight excluding hydrogens is 620 g/mol. The van der Waals surface area contributed by atoms with E-state index in [2.05, 4.69) is 31.6 Å². The molecule has 0 saturated heterocycles. The van der Waals surface area contributed by atoms with Gasteiger partial charge in [0.25, 0.3) is 11.8 Å². The first kappa shape index (κ1) is 37.7. The van der Waals surface area contributed by atoms with Crippen LogP contribution in [0, 0.1) is 0 Å². The first-order valence-corrected chi connectivity index (χ1v) is 14.3. The van der Waals surface area contributed by atoms with Crippen molar-refractivity contribution in [2.24, 2.45) is 10.7 Å². The molecule has 1 heterocycles. The number of primary amides is 1. The highest BCUT2D eigenvalue weighted by molar-refractivity contribution is 6.12. The fourth-order valence-corrected chi connectivity index (χ4v) is 3.75. The van der Waals surface area contributed by atoms with E-state index in [4.69, 9.17) is 15.2 Å². The molecule has 1 aliphatic rings. The van der Waals surface area contributed by atoms with Crippen LogP contribution in [-0.4, -0.2) is 117 Å². The summed E-state index contributed by atoms with van der Waals surface area (Å²) in [5, 5.41) is 12.2. The molecular formula is C29H38N8O10. The summed E-state index contributed by atoms with van der Waals surface area (Å²) in [4.78, 5) is 101. The van der Waals surface area contributed by atoms with Crippen LogP contribution in [0.4, 0.5) is 10.5 Å². The molecule has 254 valence electrons. The van der Waals surface area contributed by atoms with Gasteiger partial charge in [-0.15, -0.1) is 0 Å². The Balaban J connectivity index is 1.85. The molecule has 9 amide bonds. The minimum Gasteiger partial charge on any atom is -0.382 e. The van der Waals surface area contributed by atoms with Gasteiger partial charge in [0.2, 0.25) is 29.5 Å². The van der Waals surface area contributed by atoms with Gasteiger partial charge >= 0.3 is 6.03 Å². The van der Waals surface area contributed by atoms with E-state index in [0.717, 1.165) is 17.1 Å². The molecule has 18 nitrogen and oxygen atoms in total. The lowest BCUT2D eigenvalue weighted by molar-refractivity contribution is -0.136. The van der Waals surface area contributed by atoms with E-state index >= 15 is 0 Å². The second-order valence-corrected chi connectivity index (χ2v) is 10.1. The third kappa shape index (κ3) is 13.6. The van der Waals surface area contributed by atoms with Gasteiger partial charge < -0.3 is 41.8 Å². The van der Waals surface area contributed by atoms with E-state index in [1.807, 2.05) is 0 Å². The van der Waals surface area contributed by atoms with Crippen LogP contribution in [0.25, 0.3) is 0 Å². The Morgan fingerprint density at radius 2 is 1.51 bits per heavy atom. The molecule has 18 heteroatoms. The van der Waals surface area contributed by atoms with Crippen molar-refractivity contribution in [1.82, 2.24) is 26.2 Å². The third-order valence-corrected chi connectivity index (χ3v) is 6.25. The highest BCUT2D eigenvalue weighted by Crippen LogP contribution is 2.10. The second-order valence-electron chi connectivity index (χ2n) is 10.1. The first-order chi connectivity index (χ1) is 22.3. The van der Waals surface area contributed by atoms with Crippen LogP contribution in [0.15, 0.2) is 41.4 Å². The SMILES string of the molecule is COCCOCC(=O)NC(C)C(=O)NC(C)C(=O)NC(CC(N)=O)C(=O)Nc1ccc(/C=N/C(=O)NCCN2C(=O)C=CC2=O)cc1. The van der Waals surface area contributed by atoms with Crippen LogP contribution in [-0.2, 0) is 43.0 Å². The maximum absolute atomic E-state index is 12.9. The van der Waals surface area contributed by atoms with Crippen LogP contribution in [0.3, 0.4) is 0 Å². The number of nitrogens with two attached hydrogens (primary N) is 1. The number of imide groups is 1. The van der Waals surface area contributed by atoms with Crippen molar-refractivity contribution in [1.29, 1.82) is 0 Å². The minimum atomic E-state index is -1.38. The number of carbonyl (C=O) groups excluding carboxylic acids is 8. The van der Waals surface area contributed by atoms with Crippen LogP contribution < -0.4 is 32.3 Å². The maximum Gasteiger partial charge on any atom is 0.340 e. The zero-order chi connectivity index (χ0) is 34.9. The van der Waals surface area contributed by atoms with E-state index < -0.39 is 71.9 Å². The van der Waals surface area contributed by atoms with Gasteiger partial charge in [0.1, 0.15) is 24.7 Å². The van der Waals surface area contributed by atoms with Gasteiger partial charge in [0.15, 0.2) is 0 Å². The van der Waals surface area contributed by atoms with Crippen molar-refractivity contribution >= 4 is 59.3 Å². The lowest BCUT2D eigenvalue weighted by Gasteiger charge is -2.22. The fraction of sp³-hybridized carbons (Fsp3) is 0.414. The molecule has 0 aliphatic carbocycles. The van der Waals surface area contributed by atoms with E-state index in [1.165, 1.54) is 51.4 Å². The van der Waals surface area contributed by atoms with E-state index in [0.29, 0.717) is 12.2 Å². The van der Waals surface area contributed by atoms with Crippen LogP contribution in [0.5, 0.6) is 0 Å². The highest BCUT2D eigenvalue weighted by atomic mass is 16.5. The number of ether oxygens (including phenoxy) is 2. The third-order valence-electron chi connectivity index (χ3n) is 6.25. The summed E-state index contributed by atoms with van der Waals surface area (Å²) < 4.78 is 9.89. The summed E-state index contributed by atoms with van der Waals surface area (Å²) in [6.45, 7) is 2.96. The van der Waals surface area contributed by atoms with Gasteiger partial charge in [-0.1, -0.05) is 12.1 Å². The summed E-state index contributed by atoms with van der Waals surface area (Å²) in [6, 6.07) is 1.79. The van der Waals surface area contributed by atoms with Crippen LogP contribution in [0.2, 0.25) is 0 Å². The lowest BCUT2D eigenvalue weighted by Crippen LogP contribution is -2.55. The number of nitrogens with one attached hydrogen (secondary N) is 5. The van der Waals surface area contributed by atoms with Crippen molar-refractivity contribution in [3.63, 3.8) is 0 Å². The molecule has 2 rings (SSSR count). The number of hydrogen-bond donors (Lipinski definition) is 6. The maximum atomic E-state index is 12.9. The number of hydrogen-bond acceptors (Lipinski definition) is 10. The molecule has 1 aliphatic heterocycles. The number of rotatable bonds is 18. The van der Waals surface area contributed by atoms with E-state index in [-0.39, 0.29) is 32.0 Å². The Morgan fingerprint density at radius 1 is 0.894 bits per heavy atom. The largest absolute Gasteiger partial charge is 0.382 e. The zero-order valence-electron chi connectivity index (χ0n) is 26.1. The highest BCUT2D eigenvalue weighted by Gasteiger charge is 2.27. The Kier molecular flexibility index (Phi) is 15.3. The van der Waals surface area contributed by atoms with Gasteiger partial charge in [0.05, 0.1) is 19.6 Å². The molecule has 0 saturated carbocycles. The number of anilines is 1. The summed E-state index contributed by atoms with van der Waals surface area (Å²) in [7, 11) is 1.48. The molecule has 3 unspecified atom stereocenters. The van der Waals surface area contributed by atoms with Crippen LogP contribution >= 0.6 is 0 Å². The zero-order valence-corrected chi connectivity index (χ0v) is 26.1. The quantitative estimate of drug-likeness (QED) is 0.0559. The van der Waals surface area contributed by atoms with E-state index in [1.54, 1.807) is 0 Å². The van der Waals surface area contributed by atoms with Crippen molar-refractivity contribution < 1.29 is 47.8 Å². The Hall–Kier alpha value is -5.49. The van der Waals surface area contributed by atoms with E-state index in [9.17, 15) is 38.4 Å². The number of nitrogens with zero attached hydrogens (tertiary/aromatic N) is 2. The predicted octanol–water partition coefficient (Wildman–Crippen LogP) is -2.29. The Labute approximate surface area is 269 Å². The monoisotopic (exact) mass is 658 g/mol. The number of methoxy groups -OCH3 is 1. The molecule has 47 heavy (non-hydrogen) atoms. The van der Waals surface area contributed by atoms with Crippen molar-refractivity contribution in [2.75, 3.05) is 45.3 Å². The minimum absolute atomic E-state index is 0.00353. The number of aliphatic imine (C=N–C) groups is 1. The molecule has 0 spiro atoms. The first-order valence-electron chi connectivity index (χ1n) is 14.3. The Morgan fingerprint density at radius 3 is 2.13 bits per heavy atom. The summed E-state index contributed by atoms with van der Waals surface area (Å²) in [6.07, 6.45) is 3.00. The molecule has 7 N–H and O–H groups in total. The van der Waals surface area contributed by atoms with Gasteiger partial charge in [-0.2, -0.15) is 0 Å². The lowest BCUT2D eigenvalue weighted by atomic mass is 10.1. The fourth-order valence-electron chi connectivity index (χ4n) is 3.75. The molecule has 3 atom stereocenters. The van der Waals surface area contributed by atoms with Crippen molar-refractivity contribution in [3.05, 3.63) is 42.0 Å². The van der Waals surface area contributed by atoms with Crippen molar-refractivity contribution in [2.45, 2.75) is 38.4 Å². The number of carbonyl (C=O) groups is 8. The van der Waals surface area contributed by atoms with Gasteiger partial charge in [-0.3, -0.25) is 38.5 Å². The number of amides is 9. The molecule has 1 aromatic carbocycles. The van der Waals surface area contributed by atoms with Gasteiger partial charge in [0, 0.05) is 44.3 Å². The number of benzene rings is 1. The summed E-state index contributed by atoms with van der Waals surface area (Å²) in [5.41, 5.74) is 6.04. The molecule has 1 aromatic rings. The second kappa shape index (κ2) is 19.1. The van der Waals surface area contributed by atoms with Gasteiger partial charge in [-0.05, 0) is 31.5 Å². The summed E-state index contributed by atoms with van der Waals surface area (Å²) >= 11 is 0.